The summed E-state index contributed by atoms with van der Waals surface area (Å²) >= 11 is 0. The lowest BCUT2D eigenvalue weighted by atomic mass is 10.1. The SMILES string of the molecule is O=C1CCC(NS(=O)(=O)Cc2ccccc2C(F)(F)F)CN1. The molecule has 1 fully saturated rings. The Morgan fingerprint density at radius 1 is 1.27 bits per heavy atom. The van der Waals surface area contributed by atoms with Crippen LogP contribution in [-0.2, 0) is 26.7 Å². The summed E-state index contributed by atoms with van der Waals surface area (Å²) in [5, 5.41) is 2.51. The van der Waals surface area contributed by atoms with Crippen LogP contribution in [0.1, 0.15) is 24.0 Å². The smallest absolute Gasteiger partial charge is 0.355 e. The van der Waals surface area contributed by atoms with Crippen molar-refractivity contribution in [1.82, 2.24) is 10.0 Å². The van der Waals surface area contributed by atoms with E-state index in [-0.39, 0.29) is 24.4 Å². The van der Waals surface area contributed by atoms with Gasteiger partial charge in [0.2, 0.25) is 15.9 Å². The van der Waals surface area contributed by atoms with Gasteiger partial charge in [-0.05, 0) is 18.1 Å². The normalized spacial score (nSPS) is 19.8. The van der Waals surface area contributed by atoms with Crippen molar-refractivity contribution in [2.45, 2.75) is 30.8 Å². The minimum absolute atomic E-state index is 0.138. The molecule has 9 heteroatoms. The zero-order valence-corrected chi connectivity index (χ0v) is 12.3. The number of carbonyl (C=O) groups excluding carboxylic acids is 1. The molecular formula is C13H15F3N2O3S. The fourth-order valence-corrected chi connectivity index (χ4v) is 3.71. The predicted octanol–water partition coefficient (Wildman–Crippen LogP) is 1.40. The van der Waals surface area contributed by atoms with Crippen LogP contribution in [0.2, 0.25) is 0 Å². The number of alkyl halides is 3. The predicted molar refractivity (Wildman–Crippen MR) is 73.2 cm³/mol. The van der Waals surface area contributed by atoms with Crippen LogP contribution in [-0.4, -0.2) is 26.9 Å². The first kappa shape index (κ1) is 16.8. The first-order valence-electron chi connectivity index (χ1n) is 6.59. The van der Waals surface area contributed by atoms with Crippen LogP contribution in [0.3, 0.4) is 0 Å². The van der Waals surface area contributed by atoms with E-state index in [2.05, 4.69) is 10.0 Å². The molecule has 1 aliphatic heterocycles. The second-order valence-corrected chi connectivity index (χ2v) is 6.83. The van der Waals surface area contributed by atoms with E-state index in [0.29, 0.717) is 6.42 Å². The standard InChI is InChI=1S/C13H15F3N2O3S/c14-13(15,16)11-4-2-1-3-9(11)8-22(20,21)18-10-5-6-12(19)17-7-10/h1-4,10,18H,5-8H2,(H,17,19). The molecule has 1 aromatic rings. The Hall–Kier alpha value is -1.61. The van der Waals surface area contributed by atoms with Crippen molar-refractivity contribution in [3.05, 3.63) is 35.4 Å². The lowest BCUT2D eigenvalue weighted by Crippen LogP contribution is -2.48. The van der Waals surface area contributed by atoms with E-state index in [1.54, 1.807) is 0 Å². The topological polar surface area (TPSA) is 75.3 Å². The molecule has 2 N–H and O–H groups in total. The van der Waals surface area contributed by atoms with Crippen molar-refractivity contribution in [3.63, 3.8) is 0 Å². The fourth-order valence-electron chi connectivity index (χ4n) is 2.26. The molecule has 2 rings (SSSR count). The lowest BCUT2D eigenvalue weighted by molar-refractivity contribution is -0.138. The van der Waals surface area contributed by atoms with Crippen molar-refractivity contribution >= 4 is 15.9 Å². The summed E-state index contributed by atoms with van der Waals surface area (Å²) in [7, 11) is -3.94. The highest BCUT2D eigenvalue weighted by Crippen LogP contribution is 2.32. The van der Waals surface area contributed by atoms with E-state index in [9.17, 15) is 26.4 Å². The van der Waals surface area contributed by atoms with Gasteiger partial charge in [0.05, 0.1) is 11.3 Å². The van der Waals surface area contributed by atoms with Gasteiger partial charge in [0.25, 0.3) is 0 Å². The summed E-state index contributed by atoms with van der Waals surface area (Å²) in [5.74, 6) is -0.925. The van der Waals surface area contributed by atoms with Crippen molar-refractivity contribution in [3.8, 4) is 0 Å². The Morgan fingerprint density at radius 2 is 1.95 bits per heavy atom. The molecule has 0 radical (unpaired) electrons. The molecule has 0 aliphatic carbocycles. The molecular weight excluding hydrogens is 321 g/mol. The molecule has 0 bridgehead atoms. The number of nitrogens with one attached hydrogen (secondary N) is 2. The quantitative estimate of drug-likeness (QED) is 0.873. The third-order valence-corrected chi connectivity index (χ3v) is 4.66. The second-order valence-electron chi connectivity index (χ2n) is 5.07. The van der Waals surface area contributed by atoms with Gasteiger partial charge in [0.1, 0.15) is 0 Å². The van der Waals surface area contributed by atoms with Gasteiger partial charge in [-0.15, -0.1) is 0 Å². The number of halogens is 3. The van der Waals surface area contributed by atoms with Gasteiger partial charge in [-0.2, -0.15) is 13.2 Å². The van der Waals surface area contributed by atoms with E-state index >= 15 is 0 Å². The second kappa shape index (κ2) is 6.25. The molecule has 0 spiro atoms. The van der Waals surface area contributed by atoms with Crippen LogP contribution in [0.4, 0.5) is 13.2 Å². The summed E-state index contributed by atoms with van der Waals surface area (Å²) in [6, 6.07) is 4.07. The third kappa shape index (κ3) is 4.44. The fraction of sp³-hybridized carbons (Fsp3) is 0.462. The van der Waals surface area contributed by atoms with E-state index in [4.69, 9.17) is 0 Å². The zero-order valence-electron chi connectivity index (χ0n) is 11.5. The molecule has 1 aromatic carbocycles. The van der Waals surface area contributed by atoms with Crippen LogP contribution in [0.15, 0.2) is 24.3 Å². The number of hydrogen-bond donors (Lipinski definition) is 2. The van der Waals surface area contributed by atoms with Crippen molar-refractivity contribution < 1.29 is 26.4 Å². The van der Waals surface area contributed by atoms with Gasteiger partial charge < -0.3 is 5.32 Å². The van der Waals surface area contributed by atoms with Gasteiger partial charge >= 0.3 is 6.18 Å². The summed E-state index contributed by atoms with van der Waals surface area (Å²) in [5.41, 5.74) is -1.26. The Bertz CT molecular complexity index is 649. The Morgan fingerprint density at radius 3 is 2.55 bits per heavy atom. The highest BCUT2D eigenvalue weighted by molar-refractivity contribution is 7.88. The molecule has 1 unspecified atom stereocenters. The summed E-state index contributed by atoms with van der Waals surface area (Å²) in [6.07, 6.45) is -4.09. The van der Waals surface area contributed by atoms with Crippen molar-refractivity contribution in [2.24, 2.45) is 0 Å². The van der Waals surface area contributed by atoms with E-state index in [1.165, 1.54) is 12.1 Å². The highest BCUT2D eigenvalue weighted by atomic mass is 32.2. The van der Waals surface area contributed by atoms with Gasteiger partial charge in [0.15, 0.2) is 0 Å². The monoisotopic (exact) mass is 336 g/mol. The van der Waals surface area contributed by atoms with E-state index in [0.717, 1.165) is 12.1 Å². The van der Waals surface area contributed by atoms with Crippen LogP contribution in [0.25, 0.3) is 0 Å². The van der Waals surface area contributed by atoms with Gasteiger partial charge in [-0.1, -0.05) is 18.2 Å². The molecule has 0 saturated carbocycles. The van der Waals surface area contributed by atoms with Crippen molar-refractivity contribution in [1.29, 1.82) is 0 Å². The first-order valence-corrected chi connectivity index (χ1v) is 8.24. The highest BCUT2D eigenvalue weighted by Gasteiger charge is 2.34. The summed E-state index contributed by atoms with van der Waals surface area (Å²) in [6.45, 7) is 0.138. The molecule has 5 nitrogen and oxygen atoms in total. The number of benzene rings is 1. The molecule has 1 aliphatic rings. The number of hydrogen-bond acceptors (Lipinski definition) is 3. The molecule has 22 heavy (non-hydrogen) atoms. The third-order valence-electron chi connectivity index (χ3n) is 3.28. The average molecular weight is 336 g/mol. The number of sulfonamides is 1. The number of piperidine rings is 1. The van der Waals surface area contributed by atoms with E-state index < -0.39 is 33.6 Å². The summed E-state index contributed by atoms with van der Waals surface area (Å²) < 4.78 is 65.0. The van der Waals surface area contributed by atoms with E-state index in [1.807, 2.05) is 0 Å². The molecule has 0 aromatic heterocycles. The molecule has 1 atom stereocenters. The van der Waals surface area contributed by atoms with Crippen LogP contribution in [0.5, 0.6) is 0 Å². The van der Waals surface area contributed by atoms with Gasteiger partial charge in [-0.3, -0.25) is 4.79 Å². The van der Waals surface area contributed by atoms with Crippen molar-refractivity contribution in [2.75, 3.05) is 6.54 Å². The minimum atomic E-state index is -4.61. The van der Waals surface area contributed by atoms with Gasteiger partial charge in [-0.25, -0.2) is 13.1 Å². The molecule has 122 valence electrons. The summed E-state index contributed by atoms with van der Waals surface area (Å²) in [4.78, 5) is 11.0. The maximum absolute atomic E-state index is 12.9. The van der Waals surface area contributed by atoms with Gasteiger partial charge in [0, 0.05) is 19.0 Å². The Kier molecular flexibility index (Phi) is 4.76. The number of carbonyl (C=O) groups is 1. The Balaban J connectivity index is 2.11. The maximum atomic E-state index is 12.9. The van der Waals surface area contributed by atoms with Crippen LogP contribution >= 0.6 is 0 Å². The minimum Gasteiger partial charge on any atom is -0.355 e. The number of rotatable bonds is 4. The average Bonchev–Trinajstić information content (AvgIpc) is 2.40. The number of amides is 1. The molecule has 1 amide bonds. The molecule has 1 heterocycles. The largest absolute Gasteiger partial charge is 0.416 e. The Labute approximate surface area is 125 Å². The lowest BCUT2D eigenvalue weighted by Gasteiger charge is -2.23. The molecule has 1 saturated heterocycles. The van der Waals surface area contributed by atoms with Crippen LogP contribution in [0, 0.1) is 0 Å². The first-order chi connectivity index (χ1) is 10.2. The zero-order chi connectivity index (χ0) is 16.4. The maximum Gasteiger partial charge on any atom is 0.416 e. The van der Waals surface area contributed by atoms with Crippen LogP contribution < -0.4 is 10.0 Å².